The molecule has 1 radical (unpaired) electrons. The first-order chi connectivity index (χ1) is 3.83. The highest BCUT2D eigenvalue weighted by atomic mass is 16.3. The Bertz CT molecular complexity index is 171. The van der Waals surface area contributed by atoms with Gasteiger partial charge in [0.2, 0.25) is 0 Å². The van der Waals surface area contributed by atoms with Crippen LogP contribution in [0.15, 0.2) is 12.4 Å². The number of rotatable bonds is 1. The predicted octanol–water partition coefficient (Wildman–Crippen LogP) is 0.351. The quantitative estimate of drug-likeness (QED) is 0.515. The fraction of sp³-hybridized carbons (Fsp3) is 0.400. The van der Waals surface area contributed by atoms with Crippen molar-refractivity contribution in [3.8, 4) is 0 Å². The van der Waals surface area contributed by atoms with E-state index in [2.05, 4.69) is 5.10 Å². The molecular weight excluding hydrogens is 104 g/mol. The molecule has 0 fully saturated rings. The van der Waals surface area contributed by atoms with Crippen molar-refractivity contribution in [1.82, 2.24) is 9.78 Å². The fourth-order valence-corrected chi connectivity index (χ4v) is 0.546. The molecule has 0 aliphatic carbocycles. The summed E-state index contributed by atoms with van der Waals surface area (Å²) in [6, 6.07) is 0. The van der Waals surface area contributed by atoms with Gasteiger partial charge in [0.1, 0.15) is 6.61 Å². The van der Waals surface area contributed by atoms with Crippen molar-refractivity contribution in [2.45, 2.75) is 6.61 Å². The van der Waals surface area contributed by atoms with Gasteiger partial charge in [-0.3, -0.25) is 4.68 Å². The third kappa shape index (κ3) is 0.869. The smallest absolute Gasteiger partial charge is 0.110 e. The number of nitrogens with zero attached hydrogens (tertiary/aromatic N) is 2. The monoisotopic (exact) mass is 111 g/mol. The minimum atomic E-state index is -0.173. The molecule has 0 saturated heterocycles. The first kappa shape index (κ1) is 5.31. The maximum absolute atomic E-state index is 10.1. The summed E-state index contributed by atoms with van der Waals surface area (Å²) in [5.41, 5.74) is 0.743. The molecule has 43 valence electrons. The Morgan fingerprint density at radius 1 is 1.88 bits per heavy atom. The maximum Gasteiger partial charge on any atom is 0.110 e. The molecule has 3 nitrogen and oxygen atoms in total. The van der Waals surface area contributed by atoms with E-state index in [1.165, 1.54) is 0 Å². The molecule has 1 rings (SSSR count). The lowest BCUT2D eigenvalue weighted by Gasteiger charge is -1.80. The molecule has 0 amide bonds. The SMILES string of the molecule is Cn1cc(C[O])cn1. The molecule has 0 bridgehead atoms. The van der Waals surface area contributed by atoms with Gasteiger partial charge in [0, 0.05) is 18.8 Å². The summed E-state index contributed by atoms with van der Waals surface area (Å²) in [5.74, 6) is 0. The van der Waals surface area contributed by atoms with E-state index in [1.54, 1.807) is 24.1 Å². The number of hydrogen-bond acceptors (Lipinski definition) is 1. The van der Waals surface area contributed by atoms with E-state index < -0.39 is 0 Å². The molecule has 0 aliphatic rings. The third-order valence-corrected chi connectivity index (χ3v) is 0.925. The largest absolute Gasteiger partial charge is 0.275 e. The molecule has 3 heteroatoms. The predicted molar refractivity (Wildman–Crippen MR) is 27.6 cm³/mol. The summed E-state index contributed by atoms with van der Waals surface area (Å²) in [6.07, 6.45) is 3.29. The molecule has 0 N–H and O–H groups in total. The lowest BCUT2D eigenvalue weighted by Crippen LogP contribution is -1.84. The Hall–Kier alpha value is -0.830. The second-order valence-corrected chi connectivity index (χ2v) is 1.67. The van der Waals surface area contributed by atoms with Crippen LogP contribution >= 0.6 is 0 Å². The van der Waals surface area contributed by atoms with Crippen molar-refractivity contribution in [3.05, 3.63) is 18.0 Å². The lowest BCUT2D eigenvalue weighted by molar-refractivity contribution is 0.177. The van der Waals surface area contributed by atoms with E-state index in [1.807, 2.05) is 0 Å². The Balaban J connectivity index is 2.84. The van der Waals surface area contributed by atoms with Gasteiger partial charge in [-0.1, -0.05) is 0 Å². The highest BCUT2D eigenvalue weighted by Gasteiger charge is 1.90. The van der Waals surface area contributed by atoms with Crippen LogP contribution in [0.3, 0.4) is 0 Å². The van der Waals surface area contributed by atoms with Crippen molar-refractivity contribution < 1.29 is 5.11 Å². The summed E-state index contributed by atoms with van der Waals surface area (Å²) >= 11 is 0. The normalized spacial score (nSPS) is 9.75. The van der Waals surface area contributed by atoms with E-state index in [0.29, 0.717) is 0 Å². The van der Waals surface area contributed by atoms with Crippen LogP contribution in [0.1, 0.15) is 5.56 Å². The highest BCUT2D eigenvalue weighted by Crippen LogP contribution is 1.93. The van der Waals surface area contributed by atoms with Gasteiger partial charge in [-0.05, 0) is 0 Å². The number of hydrogen-bond donors (Lipinski definition) is 0. The van der Waals surface area contributed by atoms with Crippen LogP contribution in [0.5, 0.6) is 0 Å². The average Bonchev–Trinajstić information content (AvgIpc) is 2.14. The van der Waals surface area contributed by atoms with E-state index >= 15 is 0 Å². The van der Waals surface area contributed by atoms with Crippen molar-refractivity contribution in [2.75, 3.05) is 0 Å². The van der Waals surface area contributed by atoms with E-state index in [0.717, 1.165) is 5.56 Å². The van der Waals surface area contributed by atoms with Gasteiger partial charge in [0.15, 0.2) is 0 Å². The third-order valence-electron chi connectivity index (χ3n) is 0.925. The standard InChI is InChI=1S/C5H7N2O/c1-7-3-5(4-8)2-6-7/h2-3H,4H2,1H3. The van der Waals surface area contributed by atoms with Crippen molar-refractivity contribution >= 4 is 0 Å². The number of aromatic nitrogens is 2. The zero-order chi connectivity index (χ0) is 5.98. The topological polar surface area (TPSA) is 37.7 Å². The Morgan fingerprint density at radius 2 is 2.62 bits per heavy atom. The van der Waals surface area contributed by atoms with Gasteiger partial charge in [-0.2, -0.15) is 5.10 Å². The van der Waals surface area contributed by atoms with E-state index in [9.17, 15) is 5.11 Å². The van der Waals surface area contributed by atoms with Gasteiger partial charge < -0.3 is 0 Å². The maximum atomic E-state index is 10.1. The van der Waals surface area contributed by atoms with Crippen LogP contribution in [0.25, 0.3) is 0 Å². The van der Waals surface area contributed by atoms with Crippen molar-refractivity contribution in [3.63, 3.8) is 0 Å². The summed E-state index contributed by atoms with van der Waals surface area (Å²) in [6.45, 7) is -0.173. The molecule has 0 unspecified atom stereocenters. The summed E-state index contributed by atoms with van der Waals surface area (Å²) in [4.78, 5) is 0. The van der Waals surface area contributed by atoms with Crippen LogP contribution in [-0.4, -0.2) is 9.78 Å². The Labute approximate surface area is 47.6 Å². The van der Waals surface area contributed by atoms with Gasteiger partial charge in [0.25, 0.3) is 0 Å². The highest BCUT2D eigenvalue weighted by molar-refractivity contribution is 5.00. The van der Waals surface area contributed by atoms with Crippen molar-refractivity contribution in [1.29, 1.82) is 0 Å². The summed E-state index contributed by atoms with van der Waals surface area (Å²) in [7, 11) is 1.79. The summed E-state index contributed by atoms with van der Waals surface area (Å²) in [5, 5.41) is 13.9. The molecule has 1 aromatic rings. The molecule has 1 aromatic heterocycles. The second-order valence-electron chi connectivity index (χ2n) is 1.67. The van der Waals surface area contributed by atoms with E-state index in [-0.39, 0.29) is 6.61 Å². The Morgan fingerprint density at radius 3 is 2.88 bits per heavy atom. The fourth-order valence-electron chi connectivity index (χ4n) is 0.546. The molecule has 8 heavy (non-hydrogen) atoms. The lowest BCUT2D eigenvalue weighted by atomic mass is 10.4. The van der Waals surface area contributed by atoms with Gasteiger partial charge in [-0.15, -0.1) is 0 Å². The van der Waals surface area contributed by atoms with Crippen LogP contribution in [0.2, 0.25) is 0 Å². The molecule has 0 spiro atoms. The molecule has 0 atom stereocenters. The molecule has 0 aromatic carbocycles. The van der Waals surface area contributed by atoms with Gasteiger partial charge >= 0.3 is 0 Å². The van der Waals surface area contributed by atoms with Crippen LogP contribution in [0, 0.1) is 0 Å². The molecule has 0 aliphatic heterocycles. The number of aryl methyl sites for hydroxylation is 1. The Kier molecular flexibility index (Phi) is 1.30. The second kappa shape index (κ2) is 1.96. The van der Waals surface area contributed by atoms with Crippen LogP contribution in [0.4, 0.5) is 0 Å². The van der Waals surface area contributed by atoms with Crippen LogP contribution in [-0.2, 0) is 18.8 Å². The average molecular weight is 111 g/mol. The minimum Gasteiger partial charge on any atom is -0.275 e. The van der Waals surface area contributed by atoms with Crippen molar-refractivity contribution in [2.24, 2.45) is 7.05 Å². The van der Waals surface area contributed by atoms with E-state index in [4.69, 9.17) is 0 Å². The first-order valence-corrected chi connectivity index (χ1v) is 2.38. The molecule has 0 saturated carbocycles. The minimum absolute atomic E-state index is 0.173. The summed E-state index contributed by atoms with van der Waals surface area (Å²) < 4.78 is 1.62. The first-order valence-electron chi connectivity index (χ1n) is 2.38. The molecular formula is C5H7N2O. The molecule has 1 heterocycles. The zero-order valence-corrected chi connectivity index (χ0v) is 4.66. The van der Waals surface area contributed by atoms with Gasteiger partial charge in [0.05, 0.1) is 6.20 Å². The van der Waals surface area contributed by atoms with Crippen LogP contribution < -0.4 is 0 Å². The van der Waals surface area contributed by atoms with Gasteiger partial charge in [-0.25, -0.2) is 5.11 Å². The zero-order valence-electron chi connectivity index (χ0n) is 4.66.